The first kappa shape index (κ1) is 30.4. The number of fused-ring (bicyclic) bond motifs is 1. The molecule has 0 unspecified atom stereocenters. The van der Waals surface area contributed by atoms with Crippen LogP contribution >= 0.6 is 0 Å². The topological polar surface area (TPSA) is 107 Å². The molecule has 1 aromatic carbocycles. The first-order valence-corrected chi connectivity index (χ1v) is 15.9. The number of alkyl halides is 2. The van der Waals surface area contributed by atoms with E-state index in [9.17, 15) is 17.2 Å². The van der Waals surface area contributed by atoms with Crippen molar-refractivity contribution >= 4 is 26.7 Å². The molecule has 2 aliphatic rings. The molecule has 0 radical (unpaired) electrons. The van der Waals surface area contributed by atoms with Crippen molar-refractivity contribution in [3.05, 3.63) is 52.5 Å². The van der Waals surface area contributed by atoms with Crippen molar-refractivity contribution < 1.29 is 31.1 Å². The zero-order valence-corrected chi connectivity index (χ0v) is 25.0. The molecule has 0 aliphatic carbocycles. The second-order valence-corrected chi connectivity index (χ2v) is 13.5. The molecule has 2 aliphatic heterocycles. The number of nitrogens with one attached hydrogen (secondary N) is 1. The summed E-state index contributed by atoms with van der Waals surface area (Å²) in [6, 6.07) is 5.06. The summed E-state index contributed by atoms with van der Waals surface area (Å²) in [5, 5.41) is 3.66. The van der Waals surface area contributed by atoms with Crippen LogP contribution in [-0.4, -0.2) is 73.1 Å². The van der Waals surface area contributed by atoms with Gasteiger partial charge in [0.2, 0.25) is 0 Å². The maximum Gasteiger partial charge on any atom is 0.320 e. The molecule has 5 rings (SSSR count). The Morgan fingerprint density at radius 3 is 2.50 bits per heavy atom. The molecule has 3 aromatic rings. The van der Waals surface area contributed by atoms with Crippen LogP contribution in [0.2, 0.25) is 0 Å². The number of hydrogen-bond acceptors (Lipinski definition) is 9. The number of hydrogen-bond donors (Lipinski definition) is 1. The highest BCUT2D eigenvalue weighted by Gasteiger charge is 2.41. The minimum Gasteiger partial charge on any atom is -0.462 e. The van der Waals surface area contributed by atoms with Gasteiger partial charge in [0, 0.05) is 37.4 Å². The molecule has 228 valence electrons. The molecular formula is C29H36F3N5O4S. The maximum atomic E-state index is 15.3. The molecule has 0 amide bonds. The summed E-state index contributed by atoms with van der Waals surface area (Å²) in [5.41, 5.74) is 0.133. The molecule has 1 N–H and O–H groups in total. The summed E-state index contributed by atoms with van der Waals surface area (Å²) in [6.45, 7) is 7.23. The lowest BCUT2D eigenvalue weighted by Crippen LogP contribution is -2.39. The Kier molecular flexibility index (Phi) is 8.38. The maximum absolute atomic E-state index is 15.3. The zero-order chi connectivity index (χ0) is 30.3. The third-order valence-corrected chi connectivity index (χ3v) is 9.93. The van der Waals surface area contributed by atoms with E-state index in [2.05, 4.69) is 20.2 Å². The van der Waals surface area contributed by atoms with E-state index < -0.39 is 38.8 Å². The Hall–Kier alpha value is -3.03. The van der Waals surface area contributed by atoms with Gasteiger partial charge < -0.3 is 14.8 Å². The summed E-state index contributed by atoms with van der Waals surface area (Å²) in [5.74, 6) is -4.10. The molecular weight excluding hydrogens is 571 g/mol. The van der Waals surface area contributed by atoms with Crippen molar-refractivity contribution in [2.24, 2.45) is 0 Å². The average Bonchev–Trinajstić information content (AvgIpc) is 2.89. The number of aryl methyl sites for hydroxylation is 1. The number of rotatable bonds is 10. The van der Waals surface area contributed by atoms with Gasteiger partial charge >= 0.3 is 6.01 Å². The summed E-state index contributed by atoms with van der Waals surface area (Å²) in [6.07, 6.45) is 1.68. The van der Waals surface area contributed by atoms with Gasteiger partial charge in [0.1, 0.15) is 18.2 Å². The minimum atomic E-state index is -3.35. The quantitative estimate of drug-likeness (QED) is 0.345. The Bertz CT molecular complexity index is 1560. The predicted octanol–water partition coefficient (Wildman–Crippen LogP) is 4.89. The molecule has 9 nitrogen and oxygen atoms in total. The van der Waals surface area contributed by atoms with Crippen LogP contribution in [0.5, 0.6) is 6.01 Å². The molecule has 2 fully saturated rings. The van der Waals surface area contributed by atoms with E-state index in [1.54, 1.807) is 14.0 Å². The van der Waals surface area contributed by atoms with Crippen molar-refractivity contribution in [1.82, 2.24) is 19.9 Å². The van der Waals surface area contributed by atoms with Crippen molar-refractivity contribution in [2.45, 2.75) is 57.6 Å². The van der Waals surface area contributed by atoms with E-state index >= 15 is 4.39 Å². The second-order valence-electron chi connectivity index (χ2n) is 11.2. The number of anilines is 1. The minimum absolute atomic E-state index is 0.0154. The smallest absolute Gasteiger partial charge is 0.320 e. The highest BCUT2D eigenvalue weighted by Crippen LogP contribution is 2.41. The van der Waals surface area contributed by atoms with Crippen molar-refractivity contribution in [3.63, 3.8) is 0 Å². The fourth-order valence-corrected chi connectivity index (χ4v) is 7.07. The van der Waals surface area contributed by atoms with Crippen LogP contribution in [0.3, 0.4) is 0 Å². The molecule has 4 heterocycles. The predicted molar refractivity (Wildman–Crippen MR) is 153 cm³/mol. The number of methoxy groups -OCH3 is 1. The molecule has 2 aromatic heterocycles. The average molecular weight is 608 g/mol. The van der Waals surface area contributed by atoms with Crippen molar-refractivity contribution in [1.29, 1.82) is 0 Å². The van der Waals surface area contributed by atoms with Crippen LogP contribution in [-0.2, 0) is 26.1 Å². The van der Waals surface area contributed by atoms with Gasteiger partial charge in [0.05, 0.1) is 34.1 Å². The normalized spacial score (nSPS) is 19.3. The Morgan fingerprint density at radius 1 is 1.17 bits per heavy atom. The molecule has 1 atom stereocenters. The molecule has 0 spiro atoms. The Morgan fingerprint density at radius 2 is 1.88 bits per heavy atom. The number of likely N-dealkylation sites (tertiary alicyclic amines) is 1. The lowest BCUT2D eigenvalue weighted by atomic mass is 9.86. The number of pyridine rings is 1. The second kappa shape index (κ2) is 11.6. The summed E-state index contributed by atoms with van der Waals surface area (Å²) in [4.78, 5) is 16.1. The monoisotopic (exact) mass is 607 g/mol. The SMILES string of the molecule is COC1(c2cc3c(N[C@H](C)c4cccc(C(C)(F)F)c4F)nc(OCCN4CCC4)nc3nc2C)CCS(=O)(=O)CC1. The first-order valence-electron chi connectivity index (χ1n) is 14.1. The van der Waals surface area contributed by atoms with E-state index in [1.165, 1.54) is 12.1 Å². The highest BCUT2D eigenvalue weighted by molar-refractivity contribution is 7.91. The summed E-state index contributed by atoms with van der Waals surface area (Å²) < 4.78 is 79.6. The number of ether oxygens (including phenoxy) is 2. The van der Waals surface area contributed by atoms with Crippen LogP contribution < -0.4 is 10.1 Å². The largest absolute Gasteiger partial charge is 0.462 e. The van der Waals surface area contributed by atoms with Crippen LogP contribution in [0.1, 0.15) is 61.5 Å². The summed E-state index contributed by atoms with van der Waals surface area (Å²) >= 11 is 0. The third kappa shape index (κ3) is 6.18. The van der Waals surface area contributed by atoms with Crippen LogP contribution in [0.25, 0.3) is 11.0 Å². The van der Waals surface area contributed by atoms with Gasteiger partial charge in [0.15, 0.2) is 15.5 Å². The number of benzene rings is 1. The van der Waals surface area contributed by atoms with Crippen molar-refractivity contribution in [3.8, 4) is 6.01 Å². The van der Waals surface area contributed by atoms with Gasteiger partial charge in [-0.05, 0) is 52.3 Å². The molecule has 42 heavy (non-hydrogen) atoms. The van der Waals surface area contributed by atoms with E-state index in [4.69, 9.17) is 14.5 Å². The van der Waals surface area contributed by atoms with Gasteiger partial charge in [-0.25, -0.2) is 26.6 Å². The number of nitrogens with zero attached hydrogens (tertiary/aromatic N) is 4. The van der Waals surface area contributed by atoms with Gasteiger partial charge in [-0.2, -0.15) is 9.97 Å². The Labute approximate surface area is 243 Å². The Balaban J connectivity index is 1.55. The molecule has 0 saturated carbocycles. The lowest BCUT2D eigenvalue weighted by Gasteiger charge is -2.37. The van der Waals surface area contributed by atoms with Crippen LogP contribution in [0.15, 0.2) is 24.3 Å². The van der Waals surface area contributed by atoms with Gasteiger partial charge in [-0.3, -0.25) is 4.90 Å². The molecule has 0 bridgehead atoms. The number of sulfone groups is 1. The lowest BCUT2D eigenvalue weighted by molar-refractivity contribution is -0.0239. The van der Waals surface area contributed by atoms with Gasteiger partial charge in [-0.1, -0.05) is 18.2 Å². The van der Waals surface area contributed by atoms with Gasteiger partial charge in [-0.15, -0.1) is 0 Å². The summed E-state index contributed by atoms with van der Waals surface area (Å²) in [7, 11) is -1.62. The van der Waals surface area contributed by atoms with E-state index in [1.807, 2.05) is 13.0 Å². The highest BCUT2D eigenvalue weighted by atomic mass is 32.2. The molecule has 13 heteroatoms. The van der Waals surface area contributed by atoms with E-state index in [0.717, 1.165) is 25.6 Å². The first-order chi connectivity index (χ1) is 19.8. The number of halogens is 3. The standard InChI is InChI=1S/C29H36F3N5O4S/c1-18(20-7-5-8-22(24(20)30)28(3,31)32)33-25-21-17-23(29(40-4)9-15-42(38,39)16-10-29)19(2)34-26(21)36-27(35-25)41-14-13-37-11-6-12-37/h5,7-8,17-18H,6,9-16H2,1-4H3,(H,33,34,35,36)/t18-/m1/s1. The zero-order valence-electron chi connectivity index (χ0n) is 24.2. The number of aromatic nitrogens is 3. The van der Waals surface area contributed by atoms with Crippen LogP contribution in [0.4, 0.5) is 19.0 Å². The van der Waals surface area contributed by atoms with E-state index in [0.29, 0.717) is 42.4 Å². The fourth-order valence-electron chi connectivity index (χ4n) is 5.59. The third-order valence-electron chi connectivity index (χ3n) is 8.28. The van der Waals surface area contributed by atoms with Gasteiger partial charge in [0.25, 0.3) is 5.92 Å². The fraction of sp³-hybridized carbons (Fsp3) is 0.552. The van der Waals surface area contributed by atoms with Crippen LogP contribution in [0, 0.1) is 12.7 Å². The van der Waals surface area contributed by atoms with Crippen molar-refractivity contribution in [2.75, 3.05) is 50.2 Å². The van der Waals surface area contributed by atoms with E-state index in [-0.39, 0.29) is 41.7 Å². The molecule has 2 saturated heterocycles.